The van der Waals surface area contributed by atoms with Crippen molar-refractivity contribution in [1.82, 2.24) is 15.1 Å². The van der Waals surface area contributed by atoms with Crippen molar-refractivity contribution in [2.45, 2.75) is 57.4 Å². The van der Waals surface area contributed by atoms with Crippen LogP contribution in [0.4, 0.5) is 13.2 Å². The highest BCUT2D eigenvalue weighted by Gasteiger charge is 2.37. The van der Waals surface area contributed by atoms with Crippen molar-refractivity contribution in [3.63, 3.8) is 0 Å². The fourth-order valence-corrected chi connectivity index (χ4v) is 2.63. The number of nitrogens with one attached hydrogen (secondary N) is 1. The predicted octanol–water partition coefficient (Wildman–Crippen LogP) is 1.81. The van der Waals surface area contributed by atoms with Gasteiger partial charge in [-0.15, -0.1) is 0 Å². The minimum atomic E-state index is -4.54. The normalized spacial score (nSPS) is 17.1. The molecule has 1 amide bonds. The summed E-state index contributed by atoms with van der Waals surface area (Å²) in [6.07, 6.45) is 2.06. The van der Waals surface area contributed by atoms with Crippen molar-refractivity contribution in [3.8, 4) is 0 Å². The highest BCUT2D eigenvalue weighted by molar-refractivity contribution is 5.73. The van der Waals surface area contributed by atoms with E-state index in [1.165, 1.54) is 12.6 Å². The SMILES string of the molecule is NC(=O)Cn1cc(CNC2CCCCC2)c(C(F)(F)F)n1. The lowest BCUT2D eigenvalue weighted by molar-refractivity contribution is -0.142. The minimum Gasteiger partial charge on any atom is -0.368 e. The molecule has 1 aliphatic rings. The van der Waals surface area contributed by atoms with Gasteiger partial charge < -0.3 is 11.1 Å². The molecule has 21 heavy (non-hydrogen) atoms. The zero-order valence-electron chi connectivity index (χ0n) is 11.6. The molecule has 5 nitrogen and oxygen atoms in total. The van der Waals surface area contributed by atoms with E-state index < -0.39 is 17.8 Å². The first kappa shape index (κ1) is 15.8. The molecule has 1 heterocycles. The third kappa shape index (κ3) is 4.45. The van der Waals surface area contributed by atoms with Crippen molar-refractivity contribution in [1.29, 1.82) is 0 Å². The molecule has 8 heteroatoms. The van der Waals surface area contributed by atoms with Crippen molar-refractivity contribution >= 4 is 5.91 Å². The summed E-state index contributed by atoms with van der Waals surface area (Å²) in [4.78, 5) is 10.8. The molecule has 118 valence electrons. The van der Waals surface area contributed by atoms with Crippen LogP contribution in [0.1, 0.15) is 43.4 Å². The Kier molecular flexibility index (Phi) is 4.87. The van der Waals surface area contributed by atoms with Gasteiger partial charge in [0, 0.05) is 24.3 Å². The summed E-state index contributed by atoms with van der Waals surface area (Å²) in [6, 6.07) is 0.249. The predicted molar refractivity (Wildman–Crippen MR) is 70.1 cm³/mol. The van der Waals surface area contributed by atoms with Crippen LogP contribution in [0, 0.1) is 0 Å². The maximum absolute atomic E-state index is 12.9. The Morgan fingerprint density at radius 3 is 2.62 bits per heavy atom. The van der Waals surface area contributed by atoms with Crippen LogP contribution in [-0.2, 0) is 24.1 Å². The molecule has 1 fully saturated rings. The second-order valence-corrected chi connectivity index (χ2v) is 5.38. The quantitative estimate of drug-likeness (QED) is 0.871. The number of nitrogens with two attached hydrogens (primary N) is 1. The summed E-state index contributed by atoms with van der Waals surface area (Å²) in [5.74, 6) is -0.724. The number of carbonyl (C=O) groups is 1. The lowest BCUT2D eigenvalue weighted by Crippen LogP contribution is -2.31. The number of rotatable bonds is 5. The number of hydrogen-bond donors (Lipinski definition) is 2. The van der Waals surface area contributed by atoms with Crippen LogP contribution < -0.4 is 11.1 Å². The summed E-state index contributed by atoms with van der Waals surface area (Å²) in [6.45, 7) is -0.259. The monoisotopic (exact) mass is 304 g/mol. The number of alkyl halides is 3. The largest absolute Gasteiger partial charge is 0.435 e. The van der Waals surface area contributed by atoms with Crippen LogP contribution >= 0.6 is 0 Å². The van der Waals surface area contributed by atoms with Gasteiger partial charge in [-0.05, 0) is 12.8 Å². The Morgan fingerprint density at radius 1 is 1.38 bits per heavy atom. The fourth-order valence-electron chi connectivity index (χ4n) is 2.63. The third-order valence-corrected chi connectivity index (χ3v) is 3.61. The fraction of sp³-hybridized carbons (Fsp3) is 0.692. The molecule has 1 saturated carbocycles. The molecule has 0 spiro atoms. The number of primary amides is 1. The average Bonchev–Trinajstić information content (AvgIpc) is 2.80. The smallest absolute Gasteiger partial charge is 0.368 e. The second-order valence-electron chi connectivity index (χ2n) is 5.38. The molecule has 0 unspecified atom stereocenters. The Labute approximate surface area is 120 Å². The maximum atomic E-state index is 12.9. The molecule has 2 rings (SSSR count). The maximum Gasteiger partial charge on any atom is 0.435 e. The number of amides is 1. The average molecular weight is 304 g/mol. The zero-order valence-corrected chi connectivity index (χ0v) is 11.6. The lowest BCUT2D eigenvalue weighted by Gasteiger charge is -2.22. The van der Waals surface area contributed by atoms with Gasteiger partial charge in [0.15, 0.2) is 5.69 Å². The third-order valence-electron chi connectivity index (χ3n) is 3.61. The van der Waals surface area contributed by atoms with Gasteiger partial charge in [-0.25, -0.2) is 0 Å². The van der Waals surface area contributed by atoms with Crippen molar-refractivity contribution in [3.05, 3.63) is 17.5 Å². The van der Waals surface area contributed by atoms with Gasteiger partial charge >= 0.3 is 6.18 Å². The molecule has 1 aromatic rings. The Hall–Kier alpha value is -1.57. The molecular formula is C13H19F3N4O. The molecule has 0 radical (unpaired) electrons. The van der Waals surface area contributed by atoms with Crippen molar-refractivity contribution in [2.24, 2.45) is 5.73 Å². The number of hydrogen-bond acceptors (Lipinski definition) is 3. The van der Waals surface area contributed by atoms with E-state index in [-0.39, 0.29) is 24.7 Å². The first-order valence-corrected chi connectivity index (χ1v) is 7.01. The van der Waals surface area contributed by atoms with Gasteiger partial charge in [0.25, 0.3) is 0 Å². The second kappa shape index (κ2) is 6.46. The van der Waals surface area contributed by atoms with E-state index in [1.54, 1.807) is 0 Å². The van der Waals surface area contributed by atoms with Gasteiger partial charge in [-0.1, -0.05) is 19.3 Å². The van der Waals surface area contributed by atoms with Crippen LogP contribution in [0.25, 0.3) is 0 Å². The Bertz CT molecular complexity index is 492. The molecule has 1 aromatic heterocycles. The summed E-state index contributed by atoms with van der Waals surface area (Å²) < 4.78 is 39.8. The molecule has 0 aromatic carbocycles. The summed E-state index contributed by atoms with van der Waals surface area (Å²) in [5.41, 5.74) is 4.09. The molecule has 3 N–H and O–H groups in total. The van der Waals surface area contributed by atoms with Gasteiger partial charge in [-0.2, -0.15) is 18.3 Å². The van der Waals surface area contributed by atoms with Crippen LogP contribution in [0.5, 0.6) is 0 Å². The number of nitrogens with zero attached hydrogens (tertiary/aromatic N) is 2. The minimum absolute atomic E-state index is 0.0503. The summed E-state index contributed by atoms with van der Waals surface area (Å²) >= 11 is 0. The molecule has 1 aliphatic carbocycles. The first-order valence-electron chi connectivity index (χ1n) is 7.01. The summed E-state index contributed by atoms with van der Waals surface area (Å²) in [7, 11) is 0. The van der Waals surface area contributed by atoms with E-state index in [9.17, 15) is 18.0 Å². The van der Waals surface area contributed by atoms with Crippen LogP contribution in [0.3, 0.4) is 0 Å². The van der Waals surface area contributed by atoms with Crippen molar-refractivity contribution in [2.75, 3.05) is 0 Å². The Morgan fingerprint density at radius 2 is 2.05 bits per heavy atom. The van der Waals surface area contributed by atoms with Crippen LogP contribution in [0.15, 0.2) is 6.20 Å². The molecule has 0 aliphatic heterocycles. The van der Waals surface area contributed by atoms with Gasteiger partial charge in [0.1, 0.15) is 6.54 Å². The van der Waals surface area contributed by atoms with Gasteiger partial charge in [0.2, 0.25) is 5.91 Å². The van der Waals surface area contributed by atoms with E-state index in [0.717, 1.165) is 30.4 Å². The highest BCUT2D eigenvalue weighted by atomic mass is 19.4. The van der Waals surface area contributed by atoms with Crippen LogP contribution in [-0.4, -0.2) is 21.7 Å². The van der Waals surface area contributed by atoms with Gasteiger partial charge in [-0.3, -0.25) is 9.48 Å². The highest BCUT2D eigenvalue weighted by Crippen LogP contribution is 2.31. The number of halogens is 3. The summed E-state index contributed by atoms with van der Waals surface area (Å²) in [5, 5.41) is 6.58. The number of aromatic nitrogens is 2. The van der Waals surface area contributed by atoms with Gasteiger partial charge in [0.05, 0.1) is 0 Å². The van der Waals surface area contributed by atoms with Crippen molar-refractivity contribution < 1.29 is 18.0 Å². The Balaban J connectivity index is 2.08. The molecule has 0 saturated heterocycles. The number of carbonyl (C=O) groups excluding carboxylic acids is 1. The first-order chi connectivity index (χ1) is 9.86. The molecule has 0 atom stereocenters. The van der Waals surface area contributed by atoms with E-state index >= 15 is 0 Å². The lowest BCUT2D eigenvalue weighted by atomic mass is 9.95. The topological polar surface area (TPSA) is 72.9 Å². The zero-order chi connectivity index (χ0) is 15.5. The van der Waals surface area contributed by atoms with E-state index in [4.69, 9.17) is 5.73 Å². The molecular weight excluding hydrogens is 285 g/mol. The standard InChI is InChI=1S/C13H19F3N4O/c14-13(15,16)12-9(7-20(19-12)8-11(17)21)6-18-10-4-2-1-3-5-10/h7,10,18H,1-6,8H2,(H2,17,21). The van der Waals surface area contributed by atoms with E-state index in [1.807, 2.05) is 0 Å². The molecule has 0 bridgehead atoms. The van der Waals surface area contributed by atoms with E-state index in [2.05, 4.69) is 10.4 Å². The van der Waals surface area contributed by atoms with E-state index in [0.29, 0.717) is 0 Å². The van der Waals surface area contributed by atoms with Crippen LogP contribution in [0.2, 0.25) is 0 Å².